The molecule has 0 bridgehead atoms. The first-order chi connectivity index (χ1) is 15.7. The lowest BCUT2D eigenvalue weighted by Crippen LogP contribution is -2.36. The Bertz CT molecular complexity index is 1150. The van der Waals surface area contributed by atoms with Crippen molar-refractivity contribution in [1.29, 1.82) is 0 Å². The number of benzene rings is 1. The fraction of sp³-hybridized carbons (Fsp3) is 0.480. The number of carbonyl (C=O) groups is 2. The van der Waals surface area contributed by atoms with Gasteiger partial charge in [0.05, 0.1) is 11.4 Å². The second-order valence-corrected chi connectivity index (χ2v) is 10.7. The Morgan fingerprint density at radius 2 is 1.97 bits per heavy atom. The van der Waals surface area contributed by atoms with Crippen LogP contribution in [0.2, 0.25) is 5.02 Å². The Morgan fingerprint density at radius 3 is 2.67 bits per heavy atom. The molecule has 3 unspecified atom stereocenters. The zero-order valence-electron chi connectivity index (χ0n) is 19.3. The van der Waals surface area contributed by atoms with Crippen LogP contribution in [0.1, 0.15) is 55.4 Å². The molecule has 3 aromatic rings. The predicted octanol–water partition coefficient (Wildman–Crippen LogP) is 6.21. The number of ether oxygens (including phenoxy) is 2. The van der Waals surface area contributed by atoms with Gasteiger partial charge >= 0.3 is 11.9 Å². The molecule has 0 saturated heterocycles. The molecule has 0 N–H and O–H groups in total. The van der Waals surface area contributed by atoms with Crippen molar-refractivity contribution in [3.63, 3.8) is 0 Å². The summed E-state index contributed by atoms with van der Waals surface area (Å²) in [7, 11) is 0. The molecule has 1 aliphatic carbocycles. The molecule has 1 aromatic carbocycles. The van der Waals surface area contributed by atoms with Crippen LogP contribution in [0.4, 0.5) is 0 Å². The maximum Gasteiger partial charge on any atom is 0.348 e. The van der Waals surface area contributed by atoms with Gasteiger partial charge in [-0.25, -0.2) is 14.3 Å². The van der Waals surface area contributed by atoms with Gasteiger partial charge in [-0.1, -0.05) is 38.8 Å². The van der Waals surface area contributed by atoms with Crippen LogP contribution in [0.5, 0.6) is 0 Å². The van der Waals surface area contributed by atoms with Crippen molar-refractivity contribution >= 4 is 45.1 Å². The minimum Gasteiger partial charge on any atom is -0.460 e. The molecule has 4 rings (SSSR count). The molecule has 1 aliphatic rings. The molecule has 0 aliphatic heterocycles. The highest BCUT2D eigenvalue weighted by molar-refractivity contribution is 7.20. The van der Waals surface area contributed by atoms with Gasteiger partial charge in [-0.15, -0.1) is 11.3 Å². The average molecular weight is 489 g/mol. The monoisotopic (exact) mass is 488 g/mol. The lowest BCUT2D eigenvalue weighted by molar-refractivity contribution is -0.159. The molecule has 8 heteroatoms. The summed E-state index contributed by atoms with van der Waals surface area (Å²) in [5.74, 6) is 0.301. The van der Waals surface area contributed by atoms with Gasteiger partial charge in [0.2, 0.25) is 0 Å². The van der Waals surface area contributed by atoms with E-state index in [0.29, 0.717) is 27.7 Å². The summed E-state index contributed by atoms with van der Waals surface area (Å²) >= 11 is 7.28. The van der Waals surface area contributed by atoms with Crippen LogP contribution in [-0.2, 0) is 14.3 Å². The van der Waals surface area contributed by atoms with Gasteiger partial charge in [-0.05, 0) is 67.9 Å². The van der Waals surface area contributed by atoms with Crippen molar-refractivity contribution in [3.8, 4) is 5.69 Å². The van der Waals surface area contributed by atoms with Crippen LogP contribution in [-0.4, -0.2) is 34.4 Å². The van der Waals surface area contributed by atoms with Crippen molar-refractivity contribution in [1.82, 2.24) is 9.78 Å². The summed E-state index contributed by atoms with van der Waals surface area (Å²) in [6.07, 6.45) is 2.96. The number of fused-ring (bicyclic) bond motifs is 1. The minimum absolute atomic E-state index is 0.114. The van der Waals surface area contributed by atoms with Gasteiger partial charge in [0.15, 0.2) is 6.61 Å². The number of rotatable bonds is 6. The van der Waals surface area contributed by atoms with Crippen molar-refractivity contribution in [2.45, 2.75) is 53.1 Å². The van der Waals surface area contributed by atoms with Crippen LogP contribution >= 0.6 is 22.9 Å². The van der Waals surface area contributed by atoms with E-state index in [0.717, 1.165) is 40.9 Å². The predicted molar refractivity (Wildman–Crippen MR) is 130 cm³/mol. The normalized spacial score (nSPS) is 20.8. The van der Waals surface area contributed by atoms with Gasteiger partial charge in [0, 0.05) is 10.4 Å². The largest absolute Gasteiger partial charge is 0.460 e. The highest BCUT2D eigenvalue weighted by Gasteiger charge is 2.33. The van der Waals surface area contributed by atoms with Gasteiger partial charge in [-0.3, -0.25) is 0 Å². The van der Waals surface area contributed by atoms with E-state index in [2.05, 4.69) is 25.9 Å². The summed E-state index contributed by atoms with van der Waals surface area (Å²) in [6.45, 7) is 8.02. The van der Waals surface area contributed by atoms with Crippen molar-refractivity contribution < 1.29 is 19.1 Å². The molecule has 2 aromatic heterocycles. The van der Waals surface area contributed by atoms with E-state index in [-0.39, 0.29) is 12.7 Å². The van der Waals surface area contributed by atoms with E-state index in [1.807, 2.05) is 19.1 Å². The van der Waals surface area contributed by atoms with Crippen molar-refractivity contribution in [2.75, 3.05) is 6.61 Å². The first kappa shape index (κ1) is 23.8. The van der Waals surface area contributed by atoms with E-state index in [4.69, 9.17) is 21.1 Å². The third-order valence-corrected chi connectivity index (χ3v) is 7.72. The van der Waals surface area contributed by atoms with Crippen LogP contribution < -0.4 is 0 Å². The minimum atomic E-state index is -0.535. The standard InChI is InChI=1S/C25H29ClN2O4S/c1-14(2)19-10-5-15(3)11-21(19)32-23(29)13-31-25(30)22-12-20-16(4)27-28(24(20)33-22)18-8-6-17(26)7-9-18/h6-9,12,14-15,19,21H,5,10-11,13H2,1-4H3. The van der Waals surface area contributed by atoms with Crippen molar-refractivity contribution in [2.24, 2.45) is 17.8 Å². The molecular formula is C25H29ClN2O4S. The van der Waals surface area contributed by atoms with Gasteiger partial charge in [-0.2, -0.15) is 5.10 Å². The SMILES string of the molecule is Cc1nn(-c2ccc(Cl)cc2)c2sc(C(=O)OCC(=O)OC3CC(C)CCC3C(C)C)cc12. The first-order valence-corrected chi connectivity index (χ1v) is 12.5. The maximum atomic E-state index is 12.7. The van der Waals surface area contributed by atoms with Gasteiger partial charge in [0.25, 0.3) is 0 Å². The molecule has 0 radical (unpaired) electrons. The molecule has 0 amide bonds. The molecule has 0 spiro atoms. The number of aryl methyl sites for hydroxylation is 1. The Hall–Kier alpha value is -2.38. The Balaban J connectivity index is 1.42. The number of esters is 2. The van der Waals surface area contributed by atoms with Gasteiger partial charge < -0.3 is 9.47 Å². The number of nitrogens with zero attached hydrogens (tertiary/aromatic N) is 2. The third-order valence-electron chi connectivity index (χ3n) is 6.38. The average Bonchev–Trinajstić information content (AvgIpc) is 3.33. The van der Waals surface area contributed by atoms with E-state index in [9.17, 15) is 9.59 Å². The molecule has 6 nitrogen and oxygen atoms in total. The fourth-order valence-electron chi connectivity index (χ4n) is 4.55. The maximum absolute atomic E-state index is 12.7. The molecule has 176 valence electrons. The first-order valence-electron chi connectivity index (χ1n) is 11.3. The second kappa shape index (κ2) is 9.85. The number of hydrogen-bond acceptors (Lipinski definition) is 6. The quantitative estimate of drug-likeness (QED) is 0.386. The fourth-order valence-corrected chi connectivity index (χ4v) is 5.76. The highest BCUT2D eigenvalue weighted by Crippen LogP contribution is 2.35. The van der Waals surface area contributed by atoms with E-state index in [1.54, 1.807) is 22.9 Å². The molecule has 3 atom stereocenters. The third kappa shape index (κ3) is 5.25. The zero-order chi connectivity index (χ0) is 23.7. The van der Waals surface area contributed by atoms with Gasteiger partial charge in [0.1, 0.15) is 15.8 Å². The van der Waals surface area contributed by atoms with E-state index in [1.165, 1.54) is 11.3 Å². The van der Waals surface area contributed by atoms with Crippen LogP contribution in [0.15, 0.2) is 30.3 Å². The van der Waals surface area contributed by atoms with Crippen LogP contribution in [0.25, 0.3) is 15.9 Å². The zero-order valence-corrected chi connectivity index (χ0v) is 20.9. The molecule has 33 heavy (non-hydrogen) atoms. The number of carbonyl (C=O) groups excluding carboxylic acids is 2. The van der Waals surface area contributed by atoms with Crippen LogP contribution in [0, 0.1) is 24.7 Å². The second-order valence-electron chi connectivity index (χ2n) is 9.23. The number of thiophene rings is 1. The smallest absolute Gasteiger partial charge is 0.348 e. The van der Waals surface area contributed by atoms with E-state index < -0.39 is 11.9 Å². The Labute approximate surface area is 202 Å². The lowest BCUT2D eigenvalue weighted by atomic mass is 9.75. The molecule has 1 saturated carbocycles. The van der Waals surface area contributed by atoms with Crippen molar-refractivity contribution in [3.05, 3.63) is 45.9 Å². The molecule has 2 heterocycles. The summed E-state index contributed by atoms with van der Waals surface area (Å²) in [5, 5.41) is 6.09. The highest BCUT2D eigenvalue weighted by atomic mass is 35.5. The number of aromatic nitrogens is 2. The topological polar surface area (TPSA) is 70.4 Å². The number of halogens is 1. The summed E-state index contributed by atoms with van der Waals surface area (Å²) in [4.78, 5) is 26.4. The molecular weight excluding hydrogens is 460 g/mol. The molecule has 1 fully saturated rings. The lowest BCUT2D eigenvalue weighted by Gasteiger charge is -2.36. The van der Waals surface area contributed by atoms with Crippen LogP contribution in [0.3, 0.4) is 0 Å². The Morgan fingerprint density at radius 1 is 1.24 bits per heavy atom. The summed E-state index contributed by atoms with van der Waals surface area (Å²) in [5.41, 5.74) is 1.66. The Kier molecular flexibility index (Phi) is 7.10. The summed E-state index contributed by atoms with van der Waals surface area (Å²) < 4.78 is 12.8. The number of hydrogen-bond donors (Lipinski definition) is 0. The van der Waals surface area contributed by atoms with E-state index >= 15 is 0 Å². The summed E-state index contributed by atoms with van der Waals surface area (Å²) in [6, 6.07) is 9.10.